The maximum Gasteiger partial charge on any atom is 0.124 e. The maximum absolute atomic E-state index is 4.40. The number of hydrogen-bond acceptors (Lipinski definition) is 2. The Morgan fingerprint density at radius 1 is 0.652 bits per heavy atom. The van der Waals surface area contributed by atoms with Crippen molar-refractivity contribution in [1.82, 2.24) is 4.98 Å². The molecular weight excluding hydrogens is 298 g/mol. The lowest BCUT2D eigenvalue weighted by atomic mass is 9.95. The summed E-state index contributed by atoms with van der Waals surface area (Å²) >= 11 is 1.62. The van der Waals surface area contributed by atoms with Gasteiger partial charge in [0.15, 0.2) is 0 Å². The quantitative estimate of drug-likeness (QED) is 0.456. The number of thiazole rings is 1. The van der Waals surface area contributed by atoms with E-state index in [-0.39, 0.29) is 0 Å². The van der Waals surface area contributed by atoms with Crippen LogP contribution in [0.5, 0.6) is 0 Å². The van der Waals surface area contributed by atoms with Gasteiger partial charge in [0, 0.05) is 10.9 Å². The van der Waals surface area contributed by atoms with Crippen LogP contribution in [0.1, 0.15) is 0 Å². The summed E-state index contributed by atoms with van der Waals surface area (Å²) in [5.74, 6) is 0. The highest BCUT2D eigenvalue weighted by Gasteiger charge is 2.11. The Morgan fingerprint density at radius 3 is 2.00 bits per heavy atom. The van der Waals surface area contributed by atoms with Crippen LogP contribution in [-0.4, -0.2) is 4.98 Å². The third-order valence-corrected chi connectivity index (χ3v) is 4.59. The summed E-state index contributed by atoms with van der Waals surface area (Å²) in [5.41, 5.74) is 5.99. The number of rotatable bonds is 3. The smallest absolute Gasteiger partial charge is 0.124 e. The number of benzene rings is 3. The molecule has 0 saturated heterocycles. The SMILES string of the molecule is [c]1csc(-c2cc(-c3ccccc3)ccc2-c2ccccc2)n1. The van der Waals surface area contributed by atoms with Gasteiger partial charge in [0.2, 0.25) is 0 Å². The largest absolute Gasteiger partial charge is 0.234 e. The minimum absolute atomic E-state index is 1.00. The summed E-state index contributed by atoms with van der Waals surface area (Å²) in [6.07, 6.45) is 2.93. The standard InChI is InChI=1S/C21H14NS/c1-3-7-16(8-4-1)18-11-12-19(17-9-5-2-6-10-17)20(15-18)21-22-13-14-23-21/h1-12,14-15H. The Hall–Kier alpha value is -2.71. The van der Waals surface area contributed by atoms with Crippen LogP contribution in [-0.2, 0) is 0 Å². The van der Waals surface area contributed by atoms with E-state index in [1.54, 1.807) is 11.3 Å². The highest BCUT2D eigenvalue weighted by molar-refractivity contribution is 7.13. The third-order valence-electron chi connectivity index (χ3n) is 3.83. The molecule has 3 aromatic carbocycles. The molecule has 1 aromatic heterocycles. The number of nitrogens with zero attached hydrogens (tertiary/aromatic N) is 1. The van der Waals surface area contributed by atoms with E-state index in [2.05, 4.69) is 77.9 Å². The van der Waals surface area contributed by atoms with Crippen molar-refractivity contribution in [2.45, 2.75) is 0 Å². The Bertz CT molecular complexity index is 897. The minimum Gasteiger partial charge on any atom is -0.234 e. The number of hydrogen-bond donors (Lipinski definition) is 0. The van der Waals surface area contributed by atoms with Crippen molar-refractivity contribution in [2.75, 3.05) is 0 Å². The zero-order valence-electron chi connectivity index (χ0n) is 12.4. The van der Waals surface area contributed by atoms with Crippen LogP contribution in [0.4, 0.5) is 0 Å². The van der Waals surface area contributed by atoms with E-state index < -0.39 is 0 Å². The van der Waals surface area contributed by atoms with Gasteiger partial charge in [-0.1, -0.05) is 72.8 Å². The first kappa shape index (κ1) is 13.9. The molecular formula is C21H14NS. The van der Waals surface area contributed by atoms with Crippen LogP contribution in [0.15, 0.2) is 84.2 Å². The lowest BCUT2D eigenvalue weighted by molar-refractivity contribution is 1.40. The normalized spacial score (nSPS) is 10.6. The fraction of sp³-hybridized carbons (Fsp3) is 0. The zero-order valence-corrected chi connectivity index (χ0v) is 13.3. The molecule has 0 aliphatic carbocycles. The fourth-order valence-corrected chi connectivity index (χ4v) is 3.34. The summed E-state index contributed by atoms with van der Waals surface area (Å²) in [5, 5.41) is 2.90. The fourth-order valence-electron chi connectivity index (χ4n) is 2.72. The Kier molecular flexibility index (Phi) is 3.75. The molecule has 0 amide bonds. The van der Waals surface area contributed by atoms with Gasteiger partial charge in [-0.05, 0) is 28.3 Å². The van der Waals surface area contributed by atoms with Crippen molar-refractivity contribution < 1.29 is 0 Å². The molecule has 23 heavy (non-hydrogen) atoms. The van der Waals surface area contributed by atoms with Crippen LogP contribution in [0.25, 0.3) is 32.8 Å². The van der Waals surface area contributed by atoms with E-state index >= 15 is 0 Å². The van der Waals surface area contributed by atoms with E-state index in [1.165, 1.54) is 22.3 Å². The minimum atomic E-state index is 1.00. The van der Waals surface area contributed by atoms with Crippen molar-refractivity contribution in [1.29, 1.82) is 0 Å². The molecule has 0 spiro atoms. The second kappa shape index (κ2) is 6.19. The van der Waals surface area contributed by atoms with Gasteiger partial charge in [0.05, 0.1) is 0 Å². The molecule has 1 radical (unpaired) electrons. The molecule has 4 rings (SSSR count). The molecule has 0 bridgehead atoms. The Balaban J connectivity index is 1.91. The molecule has 0 saturated carbocycles. The van der Waals surface area contributed by atoms with Crippen LogP contribution >= 0.6 is 11.3 Å². The van der Waals surface area contributed by atoms with Crippen molar-refractivity contribution in [3.8, 4) is 32.8 Å². The van der Waals surface area contributed by atoms with Crippen molar-refractivity contribution in [3.63, 3.8) is 0 Å². The number of aromatic nitrogens is 1. The van der Waals surface area contributed by atoms with Gasteiger partial charge in [-0.3, -0.25) is 0 Å². The zero-order chi connectivity index (χ0) is 15.5. The Morgan fingerprint density at radius 2 is 1.35 bits per heavy atom. The van der Waals surface area contributed by atoms with Crippen molar-refractivity contribution in [2.24, 2.45) is 0 Å². The molecule has 0 N–H and O–H groups in total. The topological polar surface area (TPSA) is 12.9 Å². The predicted octanol–water partition coefficient (Wildman–Crippen LogP) is 5.94. The second-order valence-corrected chi connectivity index (χ2v) is 6.13. The lowest BCUT2D eigenvalue weighted by Gasteiger charge is -2.11. The van der Waals surface area contributed by atoms with Gasteiger partial charge < -0.3 is 0 Å². The summed E-state index contributed by atoms with van der Waals surface area (Å²) in [6.45, 7) is 0. The van der Waals surface area contributed by atoms with Crippen molar-refractivity contribution in [3.05, 3.63) is 90.4 Å². The molecule has 0 unspecified atom stereocenters. The predicted molar refractivity (Wildman–Crippen MR) is 97.3 cm³/mol. The van der Waals surface area contributed by atoms with Gasteiger partial charge in [0.25, 0.3) is 0 Å². The lowest BCUT2D eigenvalue weighted by Crippen LogP contribution is -1.87. The van der Waals surface area contributed by atoms with Gasteiger partial charge in [-0.25, -0.2) is 4.98 Å². The Labute approximate surface area is 139 Å². The molecule has 0 fully saturated rings. The molecule has 0 atom stereocenters. The van der Waals surface area contributed by atoms with E-state index in [0.29, 0.717) is 0 Å². The summed E-state index contributed by atoms with van der Waals surface area (Å²) in [4.78, 5) is 4.40. The van der Waals surface area contributed by atoms with Crippen LogP contribution in [0.3, 0.4) is 0 Å². The molecule has 1 nitrogen and oxygen atoms in total. The first-order valence-corrected chi connectivity index (χ1v) is 8.36. The van der Waals surface area contributed by atoms with Gasteiger partial charge in [-0.2, -0.15) is 0 Å². The molecule has 0 aliphatic rings. The average molecular weight is 312 g/mol. The molecule has 1 heterocycles. The molecule has 4 aromatic rings. The van der Waals surface area contributed by atoms with Gasteiger partial charge >= 0.3 is 0 Å². The monoisotopic (exact) mass is 312 g/mol. The van der Waals surface area contributed by atoms with E-state index in [9.17, 15) is 0 Å². The van der Waals surface area contributed by atoms with Crippen LogP contribution < -0.4 is 0 Å². The maximum atomic E-state index is 4.40. The first-order valence-electron chi connectivity index (χ1n) is 7.49. The third kappa shape index (κ3) is 2.81. The molecule has 0 aliphatic heterocycles. The van der Waals surface area contributed by atoms with Gasteiger partial charge in [0.1, 0.15) is 11.2 Å². The van der Waals surface area contributed by atoms with Gasteiger partial charge in [-0.15, -0.1) is 11.3 Å². The first-order chi connectivity index (χ1) is 11.4. The highest BCUT2D eigenvalue weighted by atomic mass is 32.1. The summed E-state index contributed by atoms with van der Waals surface area (Å²) in [6, 6.07) is 27.5. The van der Waals surface area contributed by atoms with Crippen LogP contribution in [0.2, 0.25) is 0 Å². The van der Waals surface area contributed by atoms with E-state index in [4.69, 9.17) is 0 Å². The summed E-state index contributed by atoms with van der Waals surface area (Å²) in [7, 11) is 0. The average Bonchev–Trinajstić information content (AvgIpc) is 3.17. The summed E-state index contributed by atoms with van der Waals surface area (Å²) < 4.78 is 0. The molecule has 109 valence electrons. The molecule has 2 heteroatoms. The van der Waals surface area contributed by atoms with Crippen molar-refractivity contribution >= 4 is 11.3 Å². The highest BCUT2D eigenvalue weighted by Crippen LogP contribution is 2.36. The van der Waals surface area contributed by atoms with E-state index in [1.807, 2.05) is 17.5 Å². The second-order valence-electron chi connectivity index (χ2n) is 5.27. The van der Waals surface area contributed by atoms with E-state index in [0.717, 1.165) is 10.6 Å². The van der Waals surface area contributed by atoms with Crippen LogP contribution in [0, 0.1) is 6.20 Å².